The van der Waals surface area contributed by atoms with Crippen molar-refractivity contribution in [3.05, 3.63) is 59.7 Å². The third-order valence-electron chi connectivity index (χ3n) is 3.89. The molecule has 1 saturated heterocycles. The second-order valence-electron chi connectivity index (χ2n) is 5.52. The number of hydrogen-bond acceptors (Lipinski definition) is 4. The molecule has 0 amide bonds. The Morgan fingerprint density at radius 1 is 1.05 bits per heavy atom. The van der Waals surface area contributed by atoms with Gasteiger partial charge in [0.2, 0.25) is 0 Å². The van der Waals surface area contributed by atoms with Crippen LogP contribution in [-0.4, -0.2) is 47.7 Å². The minimum atomic E-state index is -0.194. The molecule has 4 nitrogen and oxygen atoms in total. The third-order valence-corrected chi connectivity index (χ3v) is 3.89. The number of rotatable bonds is 5. The van der Waals surface area contributed by atoms with Crippen LogP contribution in [0.1, 0.15) is 11.3 Å². The summed E-state index contributed by atoms with van der Waals surface area (Å²) in [5, 5.41) is 3.95. The van der Waals surface area contributed by atoms with Gasteiger partial charge < -0.3 is 4.52 Å². The molecule has 0 aliphatic carbocycles. The summed E-state index contributed by atoms with van der Waals surface area (Å²) in [4.78, 5) is 4.80. The van der Waals surface area contributed by atoms with E-state index in [1.165, 1.54) is 12.1 Å². The molecule has 0 bridgehead atoms. The Labute approximate surface area is 129 Å². The Morgan fingerprint density at radius 3 is 2.45 bits per heavy atom. The number of nitrogens with zero attached hydrogens (tertiary/aromatic N) is 3. The number of hydrogen-bond donors (Lipinski definition) is 0. The molecule has 2 aromatic rings. The van der Waals surface area contributed by atoms with Crippen molar-refractivity contribution >= 4 is 6.08 Å². The van der Waals surface area contributed by atoms with Crippen LogP contribution in [0.5, 0.6) is 0 Å². The van der Waals surface area contributed by atoms with Gasteiger partial charge in [-0.05, 0) is 17.7 Å². The van der Waals surface area contributed by atoms with E-state index in [0.717, 1.165) is 50.5 Å². The fourth-order valence-electron chi connectivity index (χ4n) is 2.59. The summed E-state index contributed by atoms with van der Waals surface area (Å²) in [6, 6.07) is 8.48. The van der Waals surface area contributed by atoms with Crippen molar-refractivity contribution in [1.29, 1.82) is 0 Å². The number of aromatic nitrogens is 1. The fourth-order valence-corrected chi connectivity index (χ4v) is 2.59. The minimum Gasteiger partial charge on any atom is -0.364 e. The Kier molecular flexibility index (Phi) is 4.98. The first kappa shape index (κ1) is 14.9. The molecule has 0 unspecified atom stereocenters. The molecular weight excluding hydrogens is 281 g/mol. The molecule has 0 spiro atoms. The van der Waals surface area contributed by atoms with E-state index in [1.54, 1.807) is 18.4 Å². The predicted molar refractivity (Wildman–Crippen MR) is 83.7 cm³/mol. The lowest BCUT2D eigenvalue weighted by molar-refractivity contribution is 0.134. The van der Waals surface area contributed by atoms with Crippen molar-refractivity contribution in [2.75, 3.05) is 32.7 Å². The summed E-state index contributed by atoms with van der Waals surface area (Å²) in [5.74, 6) is -0.194. The molecule has 0 atom stereocenters. The maximum absolute atomic E-state index is 12.8. The van der Waals surface area contributed by atoms with Crippen LogP contribution in [0.4, 0.5) is 4.39 Å². The highest BCUT2D eigenvalue weighted by molar-refractivity contribution is 5.48. The van der Waals surface area contributed by atoms with E-state index in [2.05, 4.69) is 21.0 Å². The summed E-state index contributed by atoms with van der Waals surface area (Å²) in [6.07, 6.45) is 5.80. The second kappa shape index (κ2) is 7.33. The molecule has 0 radical (unpaired) electrons. The first-order valence-electron chi connectivity index (χ1n) is 7.56. The zero-order valence-corrected chi connectivity index (χ0v) is 12.5. The number of halogens is 1. The summed E-state index contributed by atoms with van der Waals surface area (Å²) in [6.45, 7) is 5.96. The van der Waals surface area contributed by atoms with Gasteiger partial charge in [-0.15, -0.1) is 0 Å². The molecule has 0 N–H and O–H groups in total. The highest BCUT2D eigenvalue weighted by atomic mass is 19.1. The van der Waals surface area contributed by atoms with Crippen molar-refractivity contribution in [2.45, 2.75) is 6.54 Å². The number of benzene rings is 1. The van der Waals surface area contributed by atoms with Gasteiger partial charge in [-0.1, -0.05) is 29.4 Å². The lowest BCUT2D eigenvalue weighted by atomic mass is 10.2. The second-order valence-corrected chi connectivity index (χ2v) is 5.52. The lowest BCUT2D eigenvalue weighted by Crippen LogP contribution is -2.45. The van der Waals surface area contributed by atoms with Crippen molar-refractivity contribution in [2.24, 2.45) is 0 Å². The van der Waals surface area contributed by atoms with E-state index in [-0.39, 0.29) is 5.82 Å². The molecule has 3 rings (SSSR count). The van der Waals surface area contributed by atoms with Gasteiger partial charge in [0.1, 0.15) is 12.1 Å². The summed E-state index contributed by atoms with van der Waals surface area (Å²) in [7, 11) is 0. The molecule has 1 aliphatic heterocycles. The number of piperazine rings is 1. The monoisotopic (exact) mass is 301 g/mol. The lowest BCUT2D eigenvalue weighted by Gasteiger charge is -2.33. The van der Waals surface area contributed by atoms with Crippen molar-refractivity contribution in [3.8, 4) is 0 Å². The van der Waals surface area contributed by atoms with Gasteiger partial charge in [0.05, 0.1) is 5.69 Å². The average molecular weight is 301 g/mol. The van der Waals surface area contributed by atoms with Gasteiger partial charge in [0.25, 0.3) is 0 Å². The molecule has 1 fully saturated rings. The van der Waals surface area contributed by atoms with Crippen LogP contribution in [0.15, 0.2) is 47.2 Å². The van der Waals surface area contributed by atoms with E-state index in [0.29, 0.717) is 0 Å². The quantitative estimate of drug-likeness (QED) is 0.850. The van der Waals surface area contributed by atoms with Gasteiger partial charge in [-0.25, -0.2) is 4.39 Å². The maximum atomic E-state index is 12.8. The highest BCUT2D eigenvalue weighted by Gasteiger charge is 2.16. The highest BCUT2D eigenvalue weighted by Crippen LogP contribution is 2.08. The predicted octanol–water partition coefficient (Wildman–Crippen LogP) is 2.64. The van der Waals surface area contributed by atoms with E-state index >= 15 is 0 Å². The van der Waals surface area contributed by atoms with Crippen LogP contribution in [0.25, 0.3) is 6.08 Å². The van der Waals surface area contributed by atoms with Gasteiger partial charge in [-0.3, -0.25) is 9.80 Å². The minimum absolute atomic E-state index is 0.194. The molecule has 2 heterocycles. The van der Waals surface area contributed by atoms with Gasteiger partial charge in [0, 0.05) is 45.3 Å². The molecule has 5 heteroatoms. The summed E-state index contributed by atoms with van der Waals surface area (Å²) in [5.41, 5.74) is 2.02. The molecule has 1 aromatic carbocycles. The first-order valence-corrected chi connectivity index (χ1v) is 7.56. The topological polar surface area (TPSA) is 32.5 Å². The van der Waals surface area contributed by atoms with Gasteiger partial charge in [-0.2, -0.15) is 0 Å². The van der Waals surface area contributed by atoms with E-state index in [9.17, 15) is 4.39 Å². The maximum Gasteiger partial charge on any atom is 0.124 e. The molecule has 0 saturated carbocycles. The normalized spacial score (nSPS) is 17.3. The fraction of sp³-hybridized carbons (Fsp3) is 0.353. The van der Waals surface area contributed by atoms with Crippen LogP contribution in [0.2, 0.25) is 0 Å². The molecule has 1 aliphatic rings. The average Bonchev–Trinajstić information content (AvgIpc) is 3.04. The third kappa shape index (κ3) is 4.26. The molecule has 1 aromatic heterocycles. The standard InChI is InChI=1S/C17H20FN3O/c18-16-5-3-15(4-6-16)2-1-8-20-9-11-21(12-10-20)14-17-7-13-22-19-17/h1-7,13H,8-12,14H2. The molecular formula is C17H20FN3O. The van der Waals surface area contributed by atoms with Crippen LogP contribution in [-0.2, 0) is 6.54 Å². The van der Waals surface area contributed by atoms with E-state index in [1.807, 2.05) is 12.1 Å². The van der Waals surface area contributed by atoms with Crippen LogP contribution >= 0.6 is 0 Å². The van der Waals surface area contributed by atoms with E-state index in [4.69, 9.17) is 4.52 Å². The van der Waals surface area contributed by atoms with Gasteiger partial charge >= 0.3 is 0 Å². The van der Waals surface area contributed by atoms with Crippen LogP contribution in [0.3, 0.4) is 0 Å². The summed E-state index contributed by atoms with van der Waals surface area (Å²) < 4.78 is 17.7. The van der Waals surface area contributed by atoms with Gasteiger partial charge in [0.15, 0.2) is 0 Å². The largest absolute Gasteiger partial charge is 0.364 e. The summed E-state index contributed by atoms with van der Waals surface area (Å²) >= 11 is 0. The van der Waals surface area contributed by atoms with E-state index < -0.39 is 0 Å². The Hall–Kier alpha value is -1.98. The Balaban J connectivity index is 1.41. The smallest absolute Gasteiger partial charge is 0.124 e. The molecule has 22 heavy (non-hydrogen) atoms. The SMILES string of the molecule is Fc1ccc(C=CCN2CCN(Cc3ccon3)CC2)cc1. The first-order chi connectivity index (χ1) is 10.8. The van der Waals surface area contributed by atoms with Crippen molar-refractivity contribution < 1.29 is 8.91 Å². The zero-order valence-electron chi connectivity index (χ0n) is 12.5. The molecule has 116 valence electrons. The zero-order chi connectivity index (χ0) is 15.2. The van der Waals surface area contributed by atoms with Crippen molar-refractivity contribution in [1.82, 2.24) is 15.0 Å². The van der Waals surface area contributed by atoms with Crippen LogP contribution < -0.4 is 0 Å². The van der Waals surface area contributed by atoms with Crippen LogP contribution in [0, 0.1) is 5.82 Å². The van der Waals surface area contributed by atoms with Crippen molar-refractivity contribution in [3.63, 3.8) is 0 Å². The Morgan fingerprint density at radius 2 is 1.77 bits per heavy atom. The Bertz CT molecular complexity index is 587.